The molecule has 2 N–H and O–H groups in total. The number of rotatable bonds is 3. The van der Waals surface area contributed by atoms with Gasteiger partial charge in [-0.15, -0.1) is 0 Å². The third-order valence-corrected chi connectivity index (χ3v) is 5.21. The van der Waals surface area contributed by atoms with Crippen LogP contribution < -0.4 is 5.73 Å². The number of amides is 2. The van der Waals surface area contributed by atoms with Gasteiger partial charge in [0, 0.05) is 13.1 Å². The summed E-state index contributed by atoms with van der Waals surface area (Å²) < 4.78 is 19.6. The quantitative estimate of drug-likeness (QED) is 0.905. The fourth-order valence-corrected chi connectivity index (χ4v) is 3.80. The molecule has 3 rings (SSSR count). The molecule has 0 aromatic heterocycles. The number of primary amides is 1. The summed E-state index contributed by atoms with van der Waals surface area (Å²) >= 11 is 5.97. The minimum Gasteiger partial charge on any atom is -0.367 e. The first-order chi connectivity index (χ1) is 11.5. The van der Waals surface area contributed by atoms with Crippen LogP contribution >= 0.6 is 11.6 Å². The molecule has 0 unspecified atom stereocenters. The second-order valence-electron chi connectivity index (χ2n) is 6.37. The lowest BCUT2D eigenvalue weighted by Gasteiger charge is -2.34. The highest BCUT2D eigenvalue weighted by molar-refractivity contribution is 6.33. The number of likely N-dealkylation sites (tertiary alicyclic amines) is 1. The molecule has 2 aliphatic rings. The van der Waals surface area contributed by atoms with Crippen molar-refractivity contribution in [3.05, 3.63) is 34.6 Å². The Morgan fingerprint density at radius 1 is 1.21 bits per heavy atom. The Hall–Kier alpha value is -1.66. The normalized spacial score (nSPS) is 25.0. The first kappa shape index (κ1) is 17.2. The van der Waals surface area contributed by atoms with Gasteiger partial charge in [0.1, 0.15) is 11.9 Å². The molecule has 1 aromatic rings. The Morgan fingerprint density at radius 3 is 2.50 bits per heavy atom. The largest absolute Gasteiger partial charge is 0.367 e. The highest BCUT2D eigenvalue weighted by Crippen LogP contribution is 2.32. The number of piperidine rings is 1. The van der Waals surface area contributed by atoms with Crippen LogP contribution in [0, 0.1) is 11.7 Å². The molecule has 2 heterocycles. The van der Waals surface area contributed by atoms with Crippen molar-refractivity contribution in [3.8, 4) is 0 Å². The molecular formula is C17H20ClFN2O3. The van der Waals surface area contributed by atoms with Gasteiger partial charge in [-0.05, 0) is 43.7 Å². The number of carbonyl (C=O) groups excluding carboxylic acids is 2. The monoisotopic (exact) mass is 354 g/mol. The molecule has 0 radical (unpaired) electrons. The van der Waals surface area contributed by atoms with Crippen molar-refractivity contribution in [2.24, 2.45) is 11.7 Å². The molecule has 0 spiro atoms. The van der Waals surface area contributed by atoms with E-state index in [-0.39, 0.29) is 28.5 Å². The van der Waals surface area contributed by atoms with Gasteiger partial charge in [-0.3, -0.25) is 9.59 Å². The van der Waals surface area contributed by atoms with Crippen molar-refractivity contribution in [2.75, 3.05) is 13.1 Å². The van der Waals surface area contributed by atoms with Crippen LogP contribution in [0.5, 0.6) is 0 Å². The number of carbonyl (C=O) groups is 2. The minimum absolute atomic E-state index is 0.0109. The summed E-state index contributed by atoms with van der Waals surface area (Å²) in [4.78, 5) is 25.3. The van der Waals surface area contributed by atoms with E-state index in [9.17, 15) is 14.0 Å². The van der Waals surface area contributed by atoms with Crippen LogP contribution in [0.25, 0.3) is 0 Å². The lowest BCUT2D eigenvalue weighted by molar-refractivity contribution is -0.130. The maximum Gasteiger partial charge on any atom is 0.258 e. The molecule has 1 aromatic carbocycles. The Labute approximate surface area is 144 Å². The van der Waals surface area contributed by atoms with E-state index in [2.05, 4.69) is 0 Å². The summed E-state index contributed by atoms with van der Waals surface area (Å²) in [7, 11) is 0. The Balaban J connectivity index is 1.59. The molecule has 5 nitrogen and oxygen atoms in total. The molecule has 0 bridgehead atoms. The summed E-state index contributed by atoms with van der Waals surface area (Å²) in [5.41, 5.74) is 5.21. The van der Waals surface area contributed by atoms with Gasteiger partial charge in [-0.25, -0.2) is 4.39 Å². The molecule has 0 saturated carbocycles. The number of benzene rings is 1. The minimum atomic E-state index is -0.599. The van der Waals surface area contributed by atoms with Crippen LogP contribution in [0.1, 0.15) is 36.0 Å². The Kier molecular flexibility index (Phi) is 5.06. The third kappa shape index (κ3) is 3.39. The fraction of sp³-hybridized carbons (Fsp3) is 0.529. The first-order valence-corrected chi connectivity index (χ1v) is 8.53. The van der Waals surface area contributed by atoms with Crippen molar-refractivity contribution in [2.45, 2.75) is 37.9 Å². The SMILES string of the molecule is NC(=O)[C@H]1CC[C@@H](C2CCN(C(=O)c3c(F)cccc3Cl)CC2)O1. The van der Waals surface area contributed by atoms with Gasteiger partial charge in [0.25, 0.3) is 5.91 Å². The number of halogens is 2. The van der Waals surface area contributed by atoms with Gasteiger partial charge >= 0.3 is 0 Å². The lowest BCUT2D eigenvalue weighted by Crippen LogP contribution is -2.42. The molecule has 7 heteroatoms. The van der Waals surface area contributed by atoms with Crippen LogP contribution in [0.15, 0.2) is 18.2 Å². The Bertz CT molecular complexity index is 626. The maximum atomic E-state index is 13.9. The summed E-state index contributed by atoms with van der Waals surface area (Å²) in [6.07, 6.45) is 2.50. The van der Waals surface area contributed by atoms with Gasteiger partial charge in [0.15, 0.2) is 0 Å². The van der Waals surface area contributed by atoms with Crippen molar-refractivity contribution < 1.29 is 18.7 Å². The summed E-state index contributed by atoms with van der Waals surface area (Å²) in [5.74, 6) is -1.11. The van der Waals surface area contributed by atoms with Crippen LogP contribution in [-0.2, 0) is 9.53 Å². The zero-order chi connectivity index (χ0) is 17.3. The van der Waals surface area contributed by atoms with Gasteiger partial charge in [0.2, 0.25) is 5.91 Å². The molecule has 24 heavy (non-hydrogen) atoms. The number of hydrogen-bond acceptors (Lipinski definition) is 3. The second-order valence-corrected chi connectivity index (χ2v) is 6.78. The number of hydrogen-bond donors (Lipinski definition) is 1. The van der Waals surface area contributed by atoms with E-state index in [1.165, 1.54) is 18.2 Å². The third-order valence-electron chi connectivity index (χ3n) is 4.90. The summed E-state index contributed by atoms with van der Waals surface area (Å²) in [6, 6.07) is 4.23. The zero-order valence-electron chi connectivity index (χ0n) is 13.2. The Morgan fingerprint density at radius 2 is 1.92 bits per heavy atom. The maximum absolute atomic E-state index is 13.9. The van der Waals surface area contributed by atoms with Crippen LogP contribution in [-0.4, -0.2) is 42.0 Å². The molecule has 2 saturated heterocycles. The van der Waals surface area contributed by atoms with Gasteiger partial charge < -0.3 is 15.4 Å². The average Bonchev–Trinajstić information content (AvgIpc) is 3.05. The van der Waals surface area contributed by atoms with Crippen molar-refractivity contribution in [1.82, 2.24) is 4.90 Å². The van der Waals surface area contributed by atoms with Crippen molar-refractivity contribution in [1.29, 1.82) is 0 Å². The van der Waals surface area contributed by atoms with E-state index in [0.29, 0.717) is 19.5 Å². The molecule has 2 amide bonds. The predicted octanol–water partition coefficient (Wildman–Crippen LogP) is 2.36. The standard InChI is InChI=1S/C17H20ClFN2O3/c18-11-2-1-3-12(19)15(11)17(23)21-8-6-10(7-9-21)13-4-5-14(24-13)16(20)22/h1-3,10,13-14H,4-9H2,(H2,20,22)/t13-,14+/m0/s1. The molecular weight excluding hydrogens is 335 g/mol. The number of nitrogens with zero attached hydrogens (tertiary/aromatic N) is 1. The zero-order valence-corrected chi connectivity index (χ0v) is 14.0. The topological polar surface area (TPSA) is 72.6 Å². The highest BCUT2D eigenvalue weighted by atomic mass is 35.5. The molecule has 2 aliphatic heterocycles. The molecule has 130 valence electrons. The van der Waals surface area contributed by atoms with Crippen molar-refractivity contribution in [3.63, 3.8) is 0 Å². The van der Waals surface area contributed by atoms with Crippen LogP contribution in [0.3, 0.4) is 0 Å². The van der Waals surface area contributed by atoms with Crippen molar-refractivity contribution >= 4 is 23.4 Å². The highest BCUT2D eigenvalue weighted by Gasteiger charge is 2.36. The first-order valence-electron chi connectivity index (χ1n) is 8.15. The van der Waals surface area contributed by atoms with E-state index in [0.717, 1.165) is 19.3 Å². The summed E-state index contributed by atoms with van der Waals surface area (Å²) in [6.45, 7) is 1.05. The molecule has 2 atom stereocenters. The fourth-order valence-electron chi connectivity index (χ4n) is 3.55. The van der Waals surface area contributed by atoms with E-state index in [1.54, 1.807) is 4.90 Å². The van der Waals surface area contributed by atoms with Gasteiger partial charge in [-0.1, -0.05) is 17.7 Å². The van der Waals surface area contributed by atoms with E-state index >= 15 is 0 Å². The predicted molar refractivity (Wildman–Crippen MR) is 87.1 cm³/mol. The van der Waals surface area contributed by atoms with Crippen LogP contribution in [0.2, 0.25) is 5.02 Å². The van der Waals surface area contributed by atoms with E-state index < -0.39 is 17.8 Å². The lowest BCUT2D eigenvalue weighted by atomic mass is 9.89. The van der Waals surface area contributed by atoms with E-state index in [1.807, 2.05) is 0 Å². The number of ether oxygens (including phenoxy) is 1. The average molecular weight is 355 g/mol. The van der Waals surface area contributed by atoms with Crippen LogP contribution in [0.4, 0.5) is 4.39 Å². The summed E-state index contributed by atoms with van der Waals surface area (Å²) in [5, 5.41) is 0.130. The second kappa shape index (κ2) is 7.07. The molecule has 2 fully saturated rings. The molecule has 0 aliphatic carbocycles. The van der Waals surface area contributed by atoms with Gasteiger partial charge in [0.05, 0.1) is 16.7 Å². The smallest absolute Gasteiger partial charge is 0.258 e. The number of nitrogens with two attached hydrogens (primary N) is 1. The van der Waals surface area contributed by atoms with Gasteiger partial charge in [-0.2, -0.15) is 0 Å². The van der Waals surface area contributed by atoms with E-state index in [4.69, 9.17) is 22.1 Å².